The monoisotopic (exact) mass is 250 g/mol. The number of aromatic nitrogens is 3. The van der Waals surface area contributed by atoms with Gasteiger partial charge in [-0.2, -0.15) is 9.37 Å². The Morgan fingerprint density at radius 1 is 1.56 bits per heavy atom. The average molecular weight is 250 g/mol. The molecule has 0 radical (unpaired) electrons. The van der Waals surface area contributed by atoms with Crippen molar-refractivity contribution in [1.82, 2.24) is 20.4 Å². The number of carbonyl (C=O) groups is 1. The number of nitrogens with one attached hydrogen (secondary N) is 1. The van der Waals surface area contributed by atoms with Gasteiger partial charge in [-0.05, 0) is 12.1 Å². The molecule has 7 heteroatoms. The predicted octanol–water partition coefficient (Wildman–Crippen LogP) is 0.885. The number of nitrogens with zero attached hydrogens (tertiary/aromatic N) is 3. The lowest BCUT2D eigenvalue weighted by molar-refractivity contribution is 0.0949. The molecule has 0 aliphatic heterocycles. The Morgan fingerprint density at radius 2 is 2.39 bits per heavy atom. The number of hydrogen-bond acceptors (Lipinski definition) is 5. The fourth-order valence-electron chi connectivity index (χ4n) is 1.38. The highest BCUT2D eigenvalue weighted by atomic mass is 19.1. The van der Waals surface area contributed by atoms with E-state index < -0.39 is 11.9 Å². The molecule has 0 unspecified atom stereocenters. The lowest BCUT2D eigenvalue weighted by Gasteiger charge is -2.03. The Kier molecular flexibility index (Phi) is 3.61. The fourth-order valence-corrected chi connectivity index (χ4v) is 1.38. The van der Waals surface area contributed by atoms with E-state index in [1.165, 1.54) is 18.3 Å². The third-order valence-electron chi connectivity index (χ3n) is 2.21. The Labute approximate surface area is 102 Å². The average Bonchev–Trinajstić information content (AvgIpc) is 2.75. The minimum atomic E-state index is -0.787. The van der Waals surface area contributed by atoms with Gasteiger partial charge in [-0.1, -0.05) is 5.16 Å². The maximum absolute atomic E-state index is 13.2. The van der Waals surface area contributed by atoms with Crippen molar-refractivity contribution in [1.29, 1.82) is 0 Å². The Bertz CT molecular complexity index is 555. The number of amides is 1. The first-order valence-corrected chi connectivity index (χ1v) is 5.34. The van der Waals surface area contributed by atoms with E-state index in [0.29, 0.717) is 24.7 Å². The molecular formula is C11H11FN4O2. The quantitative estimate of drug-likeness (QED) is 0.815. The summed E-state index contributed by atoms with van der Waals surface area (Å²) < 4.78 is 18.0. The molecule has 0 saturated heterocycles. The van der Waals surface area contributed by atoms with Crippen LogP contribution in [0.1, 0.15) is 22.1 Å². The highest BCUT2D eigenvalue weighted by molar-refractivity contribution is 5.94. The van der Waals surface area contributed by atoms with Crippen molar-refractivity contribution in [2.24, 2.45) is 0 Å². The molecule has 2 aromatic heterocycles. The van der Waals surface area contributed by atoms with Gasteiger partial charge < -0.3 is 9.84 Å². The molecule has 0 fully saturated rings. The second-order valence-electron chi connectivity index (χ2n) is 3.58. The SMILES string of the molecule is Cc1nc(CCNC(=O)c2cccnc2F)no1. The first-order valence-electron chi connectivity index (χ1n) is 5.34. The van der Waals surface area contributed by atoms with Gasteiger partial charge in [0.2, 0.25) is 11.8 Å². The lowest BCUT2D eigenvalue weighted by atomic mass is 10.2. The third-order valence-corrected chi connectivity index (χ3v) is 2.21. The summed E-state index contributed by atoms with van der Waals surface area (Å²) in [5, 5.41) is 6.24. The highest BCUT2D eigenvalue weighted by Gasteiger charge is 2.11. The zero-order valence-electron chi connectivity index (χ0n) is 9.68. The van der Waals surface area contributed by atoms with Crippen LogP contribution in [-0.2, 0) is 6.42 Å². The summed E-state index contributed by atoms with van der Waals surface area (Å²) in [4.78, 5) is 19.0. The zero-order valence-corrected chi connectivity index (χ0v) is 9.68. The molecule has 1 N–H and O–H groups in total. The van der Waals surface area contributed by atoms with Crippen LogP contribution in [0.25, 0.3) is 0 Å². The predicted molar refractivity (Wildman–Crippen MR) is 59.3 cm³/mol. The van der Waals surface area contributed by atoms with Gasteiger partial charge in [0, 0.05) is 26.1 Å². The van der Waals surface area contributed by atoms with Crippen LogP contribution in [-0.4, -0.2) is 27.6 Å². The van der Waals surface area contributed by atoms with Crippen LogP contribution in [0.2, 0.25) is 0 Å². The molecule has 2 aromatic rings. The summed E-state index contributed by atoms with van der Waals surface area (Å²) >= 11 is 0. The Morgan fingerprint density at radius 3 is 3.06 bits per heavy atom. The van der Waals surface area contributed by atoms with E-state index in [-0.39, 0.29) is 5.56 Å². The number of rotatable bonds is 4. The topological polar surface area (TPSA) is 80.9 Å². The van der Waals surface area contributed by atoms with E-state index in [1.807, 2.05) is 0 Å². The van der Waals surface area contributed by atoms with Crippen molar-refractivity contribution in [3.8, 4) is 0 Å². The maximum atomic E-state index is 13.2. The first-order chi connectivity index (χ1) is 8.66. The highest BCUT2D eigenvalue weighted by Crippen LogP contribution is 2.02. The zero-order chi connectivity index (χ0) is 13.0. The molecule has 94 valence electrons. The van der Waals surface area contributed by atoms with Gasteiger partial charge in [-0.3, -0.25) is 4.79 Å². The normalized spacial score (nSPS) is 10.3. The molecule has 2 heterocycles. The van der Waals surface area contributed by atoms with Crippen molar-refractivity contribution in [3.05, 3.63) is 41.6 Å². The van der Waals surface area contributed by atoms with Crippen molar-refractivity contribution in [3.63, 3.8) is 0 Å². The summed E-state index contributed by atoms with van der Waals surface area (Å²) in [7, 11) is 0. The minimum absolute atomic E-state index is 0.0817. The van der Waals surface area contributed by atoms with Crippen molar-refractivity contribution >= 4 is 5.91 Å². The third kappa shape index (κ3) is 2.88. The van der Waals surface area contributed by atoms with E-state index in [2.05, 4.69) is 20.4 Å². The Balaban J connectivity index is 1.87. The van der Waals surface area contributed by atoms with Gasteiger partial charge in [0.25, 0.3) is 5.91 Å². The second kappa shape index (κ2) is 5.35. The van der Waals surface area contributed by atoms with Crippen LogP contribution in [0.4, 0.5) is 4.39 Å². The molecule has 2 rings (SSSR count). The summed E-state index contributed by atoms with van der Waals surface area (Å²) in [6, 6.07) is 2.87. The van der Waals surface area contributed by atoms with Gasteiger partial charge in [-0.15, -0.1) is 0 Å². The van der Waals surface area contributed by atoms with Gasteiger partial charge in [0.1, 0.15) is 0 Å². The molecule has 1 amide bonds. The molecule has 0 atom stereocenters. The summed E-state index contributed by atoms with van der Waals surface area (Å²) in [6.07, 6.45) is 1.71. The van der Waals surface area contributed by atoms with Gasteiger partial charge >= 0.3 is 0 Å². The van der Waals surface area contributed by atoms with E-state index in [0.717, 1.165) is 0 Å². The van der Waals surface area contributed by atoms with Crippen LogP contribution in [0.3, 0.4) is 0 Å². The molecule has 0 bridgehead atoms. The van der Waals surface area contributed by atoms with Gasteiger partial charge in [-0.25, -0.2) is 4.98 Å². The standard InChI is InChI=1S/C11H11FN4O2/c1-7-15-9(16-18-7)4-6-14-11(17)8-3-2-5-13-10(8)12/h2-3,5H,4,6H2,1H3,(H,14,17). The fraction of sp³-hybridized carbons (Fsp3) is 0.273. The molecule has 0 aliphatic rings. The number of pyridine rings is 1. The molecule has 0 spiro atoms. The van der Waals surface area contributed by atoms with Crippen molar-refractivity contribution in [2.45, 2.75) is 13.3 Å². The summed E-state index contributed by atoms with van der Waals surface area (Å²) in [5.74, 6) is -0.333. The van der Waals surface area contributed by atoms with E-state index in [4.69, 9.17) is 4.52 Å². The van der Waals surface area contributed by atoms with Crippen LogP contribution < -0.4 is 5.32 Å². The summed E-state index contributed by atoms with van der Waals surface area (Å²) in [6.45, 7) is 1.98. The molecule has 0 saturated carbocycles. The smallest absolute Gasteiger partial charge is 0.255 e. The number of halogens is 1. The van der Waals surface area contributed by atoms with Crippen LogP contribution in [0.15, 0.2) is 22.9 Å². The number of carbonyl (C=O) groups excluding carboxylic acids is 1. The number of hydrogen-bond donors (Lipinski definition) is 1. The molecule has 0 aromatic carbocycles. The molecule has 0 aliphatic carbocycles. The first kappa shape index (κ1) is 12.2. The van der Waals surface area contributed by atoms with E-state index in [1.54, 1.807) is 6.92 Å². The summed E-state index contributed by atoms with van der Waals surface area (Å²) in [5.41, 5.74) is -0.0817. The second-order valence-corrected chi connectivity index (χ2v) is 3.58. The molecular weight excluding hydrogens is 239 g/mol. The van der Waals surface area contributed by atoms with Crippen LogP contribution in [0.5, 0.6) is 0 Å². The van der Waals surface area contributed by atoms with Gasteiger partial charge in [0.15, 0.2) is 5.82 Å². The van der Waals surface area contributed by atoms with Crippen molar-refractivity contribution < 1.29 is 13.7 Å². The maximum Gasteiger partial charge on any atom is 0.255 e. The molecule has 6 nitrogen and oxygen atoms in total. The van der Waals surface area contributed by atoms with Crippen molar-refractivity contribution in [2.75, 3.05) is 6.54 Å². The largest absolute Gasteiger partial charge is 0.351 e. The van der Waals surface area contributed by atoms with Crippen LogP contribution in [0, 0.1) is 12.9 Å². The lowest BCUT2D eigenvalue weighted by Crippen LogP contribution is -2.27. The van der Waals surface area contributed by atoms with Gasteiger partial charge in [0.05, 0.1) is 5.56 Å². The Hall–Kier alpha value is -2.31. The van der Waals surface area contributed by atoms with E-state index in [9.17, 15) is 9.18 Å². The van der Waals surface area contributed by atoms with E-state index >= 15 is 0 Å². The van der Waals surface area contributed by atoms with Crippen LogP contribution >= 0.6 is 0 Å². The molecule has 18 heavy (non-hydrogen) atoms. The minimum Gasteiger partial charge on any atom is -0.351 e. The number of aryl methyl sites for hydroxylation is 1.